The fourth-order valence-electron chi connectivity index (χ4n) is 1.51. The molecule has 2 aromatic carbocycles. The van der Waals surface area contributed by atoms with E-state index < -0.39 is 0 Å². The highest BCUT2D eigenvalue weighted by Gasteiger charge is 1.96. The van der Waals surface area contributed by atoms with E-state index in [1.807, 2.05) is 12.1 Å². The third-order valence-electron chi connectivity index (χ3n) is 2.32. The molecular formula is C14H14O2. The van der Waals surface area contributed by atoms with Gasteiger partial charge in [0.25, 0.3) is 0 Å². The van der Waals surface area contributed by atoms with Gasteiger partial charge in [0.2, 0.25) is 0 Å². The molecule has 2 nitrogen and oxygen atoms in total. The molecule has 0 saturated carbocycles. The van der Waals surface area contributed by atoms with E-state index in [-0.39, 0.29) is 5.75 Å². The summed E-state index contributed by atoms with van der Waals surface area (Å²) in [6.07, 6.45) is 0. The lowest BCUT2D eigenvalue weighted by atomic mass is 10.1. The van der Waals surface area contributed by atoms with Crippen LogP contribution in [0.5, 0.6) is 11.5 Å². The Hall–Kier alpha value is -1.96. The molecule has 0 atom stereocenters. The molecule has 0 amide bonds. The van der Waals surface area contributed by atoms with Crippen LogP contribution in [-0.2, 0) is 6.61 Å². The minimum Gasteiger partial charge on any atom is -0.508 e. The summed E-state index contributed by atoms with van der Waals surface area (Å²) in [5, 5.41) is 9.12. The van der Waals surface area contributed by atoms with Gasteiger partial charge in [-0.05, 0) is 36.8 Å². The zero-order valence-electron chi connectivity index (χ0n) is 9.18. The van der Waals surface area contributed by atoms with Crippen LogP contribution in [0.2, 0.25) is 0 Å². The van der Waals surface area contributed by atoms with E-state index in [1.54, 1.807) is 24.3 Å². The zero-order chi connectivity index (χ0) is 11.4. The monoisotopic (exact) mass is 214 g/mol. The lowest BCUT2D eigenvalue weighted by Gasteiger charge is -2.06. The molecule has 0 fully saturated rings. The Morgan fingerprint density at radius 1 is 1.06 bits per heavy atom. The van der Waals surface area contributed by atoms with Crippen LogP contribution in [0.1, 0.15) is 11.1 Å². The highest BCUT2D eigenvalue weighted by atomic mass is 16.5. The van der Waals surface area contributed by atoms with E-state index in [9.17, 15) is 0 Å². The van der Waals surface area contributed by atoms with Gasteiger partial charge in [-0.3, -0.25) is 0 Å². The van der Waals surface area contributed by atoms with Gasteiger partial charge in [-0.15, -0.1) is 0 Å². The third kappa shape index (κ3) is 2.76. The maximum absolute atomic E-state index is 9.12. The number of benzene rings is 2. The van der Waals surface area contributed by atoms with Crippen LogP contribution < -0.4 is 4.74 Å². The summed E-state index contributed by atoms with van der Waals surface area (Å²) in [6.45, 7) is 2.61. The van der Waals surface area contributed by atoms with Gasteiger partial charge in [0.05, 0.1) is 0 Å². The first-order chi connectivity index (χ1) is 7.74. The summed E-state index contributed by atoms with van der Waals surface area (Å²) in [5.41, 5.74) is 2.37. The average Bonchev–Trinajstić information content (AvgIpc) is 2.28. The molecule has 0 spiro atoms. The number of ether oxygens (including phenoxy) is 1. The fraction of sp³-hybridized carbons (Fsp3) is 0.143. The topological polar surface area (TPSA) is 29.5 Å². The Balaban J connectivity index is 1.99. The Bertz CT molecular complexity index is 460. The van der Waals surface area contributed by atoms with Crippen LogP contribution in [0.15, 0.2) is 48.5 Å². The van der Waals surface area contributed by atoms with Crippen LogP contribution in [-0.4, -0.2) is 5.11 Å². The average molecular weight is 214 g/mol. The van der Waals surface area contributed by atoms with Crippen molar-refractivity contribution in [3.8, 4) is 11.5 Å². The Labute approximate surface area is 95.1 Å². The molecule has 0 unspecified atom stereocenters. The molecule has 0 aliphatic heterocycles. The van der Waals surface area contributed by atoms with Gasteiger partial charge in [-0.2, -0.15) is 0 Å². The first-order valence-electron chi connectivity index (χ1n) is 5.21. The SMILES string of the molecule is Cc1cccc(COc2ccc(O)cc2)c1. The molecule has 0 aromatic heterocycles. The molecule has 0 aliphatic carbocycles. The standard InChI is InChI=1S/C14H14O2/c1-11-3-2-4-12(9-11)10-16-14-7-5-13(15)6-8-14/h2-9,15H,10H2,1H3. The molecule has 1 N–H and O–H groups in total. The van der Waals surface area contributed by atoms with Gasteiger partial charge in [-0.25, -0.2) is 0 Å². The summed E-state index contributed by atoms with van der Waals surface area (Å²) in [5.74, 6) is 1.02. The molecule has 2 rings (SSSR count). The second kappa shape index (κ2) is 4.71. The largest absolute Gasteiger partial charge is 0.508 e. The van der Waals surface area contributed by atoms with Crippen molar-refractivity contribution in [1.29, 1.82) is 0 Å². The van der Waals surface area contributed by atoms with Crippen molar-refractivity contribution in [2.45, 2.75) is 13.5 Å². The molecule has 2 aromatic rings. The molecule has 16 heavy (non-hydrogen) atoms. The molecule has 0 bridgehead atoms. The van der Waals surface area contributed by atoms with Crippen molar-refractivity contribution in [3.63, 3.8) is 0 Å². The van der Waals surface area contributed by atoms with Crippen molar-refractivity contribution >= 4 is 0 Å². The number of hydrogen-bond acceptors (Lipinski definition) is 2. The summed E-state index contributed by atoms with van der Waals surface area (Å²) in [6, 6.07) is 15.0. The van der Waals surface area contributed by atoms with E-state index >= 15 is 0 Å². The van der Waals surface area contributed by atoms with Gasteiger partial charge < -0.3 is 9.84 Å². The number of rotatable bonds is 3. The van der Waals surface area contributed by atoms with E-state index in [1.165, 1.54) is 5.56 Å². The number of aromatic hydroxyl groups is 1. The molecule has 0 heterocycles. The van der Waals surface area contributed by atoms with Crippen LogP contribution in [0.4, 0.5) is 0 Å². The van der Waals surface area contributed by atoms with Crippen LogP contribution in [0, 0.1) is 6.92 Å². The fourth-order valence-corrected chi connectivity index (χ4v) is 1.51. The second-order valence-electron chi connectivity index (χ2n) is 3.77. The first-order valence-corrected chi connectivity index (χ1v) is 5.21. The molecule has 82 valence electrons. The Morgan fingerprint density at radius 3 is 2.50 bits per heavy atom. The van der Waals surface area contributed by atoms with Gasteiger partial charge in [0.15, 0.2) is 0 Å². The normalized spacial score (nSPS) is 10.1. The maximum atomic E-state index is 9.12. The van der Waals surface area contributed by atoms with E-state index in [4.69, 9.17) is 9.84 Å². The summed E-state index contributed by atoms with van der Waals surface area (Å²) >= 11 is 0. The molecule has 0 saturated heterocycles. The van der Waals surface area contributed by atoms with Gasteiger partial charge >= 0.3 is 0 Å². The van der Waals surface area contributed by atoms with Crippen molar-refractivity contribution in [2.75, 3.05) is 0 Å². The predicted octanol–water partition coefficient (Wildman–Crippen LogP) is 3.28. The quantitative estimate of drug-likeness (QED) is 0.849. The zero-order valence-corrected chi connectivity index (χ0v) is 9.18. The van der Waals surface area contributed by atoms with E-state index in [0.29, 0.717) is 6.61 Å². The van der Waals surface area contributed by atoms with Crippen molar-refractivity contribution in [1.82, 2.24) is 0 Å². The smallest absolute Gasteiger partial charge is 0.120 e. The van der Waals surface area contributed by atoms with Crippen molar-refractivity contribution < 1.29 is 9.84 Å². The number of phenolic OH excluding ortho intramolecular Hbond substituents is 1. The van der Waals surface area contributed by atoms with E-state index in [0.717, 1.165) is 11.3 Å². The van der Waals surface area contributed by atoms with Crippen molar-refractivity contribution in [2.24, 2.45) is 0 Å². The lowest BCUT2D eigenvalue weighted by molar-refractivity contribution is 0.305. The Morgan fingerprint density at radius 2 is 1.81 bits per heavy atom. The van der Waals surface area contributed by atoms with Gasteiger partial charge in [-0.1, -0.05) is 29.8 Å². The van der Waals surface area contributed by atoms with Gasteiger partial charge in [0, 0.05) is 0 Å². The molecular weight excluding hydrogens is 200 g/mol. The molecule has 0 radical (unpaired) electrons. The highest BCUT2D eigenvalue weighted by molar-refractivity contribution is 5.30. The van der Waals surface area contributed by atoms with Gasteiger partial charge in [0.1, 0.15) is 18.1 Å². The second-order valence-corrected chi connectivity index (χ2v) is 3.77. The predicted molar refractivity (Wildman–Crippen MR) is 63.6 cm³/mol. The Kier molecular flexibility index (Phi) is 3.10. The van der Waals surface area contributed by atoms with Crippen LogP contribution in [0.3, 0.4) is 0 Å². The minimum absolute atomic E-state index is 0.253. The summed E-state index contributed by atoms with van der Waals surface area (Å²) in [4.78, 5) is 0. The van der Waals surface area contributed by atoms with Crippen LogP contribution in [0.25, 0.3) is 0 Å². The number of hydrogen-bond donors (Lipinski definition) is 1. The highest BCUT2D eigenvalue weighted by Crippen LogP contribution is 2.17. The van der Waals surface area contributed by atoms with E-state index in [2.05, 4.69) is 19.1 Å². The third-order valence-corrected chi connectivity index (χ3v) is 2.32. The van der Waals surface area contributed by atoms with Crippen LogP contribution >= 0.6 is 0 Å². The molecule has 0 aliphatic rings. The molecule has 2 heteroatoms. The summed E-state index contributed by atoms with van der Waals surface area (Å²) < 4.78 is 5.59. The first kappa shape index (κ1) is 10.6. The maximum Gasteiger partial charge on any atom is 0.120 e. The lowest BCUT2D eigenvalue weighted by Crippen LogP contribution is -1.95. The number of phenols is 1. The minimum atomic E-state index is 0.253. The number of aryl methyl sites for hydroxylation is 1. The van der Waals surface area contributed by atoms with Crippen molar-refractivity contribution in [3.05, 3.63) is 59.7 Å². The summed E-state index contributed by atoms with van der Waals surface area (Å²) in [7, 11) is 0.